The molecule has 0 saturated carbocycles. The van der Waals surface area contributed by atoms with Crippen molar-refractivity contribution in [3.8, 4) is 0 Å². The third-order valence-corrected chi connectivity index (χ3v) is 1.70. The molecule has 1 aliphatic rings. The zero-order valence-corrected chi connectivity index (χ0v) is 8.41. The van der Waals surface area contributed by atoms with Crippen molar-refractivity contribution in [3.05, 3.63) is 6.54 Å². The summed E-state index contributed by atoms with van der Waals surface area (Å²) in [6.07, 6.45) is 0.514. The van der Waals surface area contributed by atoms with Gasteiger partial charge in [-0.1, -0.05) is 0 Å². The fourth-order valence-corrected chi connectivity index (χ4v) is 1.14. The number of ether oxygens (including phenoxy) is 1. The minimum atomic E-state index is -0.433. The highest BCUT2D eigenvalue weighted by Crippen LogP contribution is 2.16. The van der Waals surface area contributed by atoms with Gasteiger partial charge in [0.1, 0.15) is 5.60 Å². The molecule has 1 amide bonds. The molecule has 4 nitrogen and oxygen atoms in total. The van der Waals surface area contributed by atoms with E-state index in [4.69, 9.17) is 10.5 Å². The fraction of sp³-hybridized carbons (Fsp3) is 0.778. The lowest BCUT2D eigenvalue weighted by molar-refractivity contribution is 0.0331. The summed E-state index contributed by atoms with van der Waals surface area (Å²) in [7, 11) is 0. The Kier molecular flexibility index (Phi) is 2.81. The largest absolute Gasteiger partial charge is 0.444 e. The predicted molar refractivity (Wildman–Crippen MR) is 49.8 cm³/mol. The minimum absolute atomic E-state index is 0.00693. The molecule has 4 heteroatoms. The van der Waals surface area contributed by atoms with Crippen LogP contribution in [0.15, 0.2) is 0 Å². The smallest absolute Gasteiger partial charge is 0.410 e. The lowest BCUT2D eigenvalue weighted by Crippen LogP contribution is -2.34. The Bertz CT molecular complexity index is 198. The van der Waals surface area contributed by atoms with Crippen molar-refractivity contribution < 1.29 is 9.53 Å². The van der Waals surface area contributed by atoms with Crippen molar-refractivity contribution in [1.82, 2.24) is 4.90 Å². The number of amides is 1. The molecule has 13 heavy (non-hydrogen) atoms. The molecule has 75 valence electrons. The van der Waals surface area contributed by atoms with Crippen molar-refractivity contribution >= 4 is 6.09 Å². The summed E-state index contributed by atoms with van der Waals surface area (Å²) in [6.45, 7) is 7.92. The van der Waals surface area contributed by atoms with E-state index in [0.717, 1.165) is 6.42 Å². The molecule has 1 atom stereocenters. The van der Waals surface area contributed by atoms with Gasteiger partial charge in [0.2, 0.25) is 0 Å². The average Bonchev–Trinajstić information content (AvgIpc) is 2.31. The number of carbonyl (C=O) groups excluding carboxylic acids is 1. The molecule has 0 unspecified atom stereocenters. The predicted octanol–water partition coefficient (Wildman–Crippen LogP) is 1.12. The first-order valence-electron chi connectivity index (χ1n) is 4.49. The Morgan fingerprint density at radius 3 is 2.62 bits per heavy atom. The number of likely N-dealkylation sites (tertiary alicyclic amines) is 1. The number of hydrogen-bond acceptors (Lipinski definition) is 3. The number of rotatable bonds is 0. The number of nitrogens with zero attached hydrogens (tertiary/aromatic N) is 1. The quantitative estimate of drug-likeness (QED) is 0.615. The van der Waals surface area contributed by atoms with Crippen LogP contribution >= 0.6 is 0 Å². The van der Waals surface area contributed by atoms with Crippen LogP contribution < -0.4 is 5.73 Å². The first kappa shape index (κ1) is 10.3. The van der Waals surface area contributed by atoms with E-state index >= 15 is 0 Å². The van der Waals surface area contributed by atoms with Gasteiger partial charge in [0.15, 0.2) is 0 Å². The van der Waals surface area contributed by atoms with Crippen LogP contribution in [0.5, 0.6) is 0 Å². The maximum absolute atomic E-state index is 11.4. The minimum Gasteiger partial charge on any atom is -0.444 e. The maximum atomic E-state index is 11.4. The third-order valence-electron chi connectivity index (χ3n) is 1.70. The highest BCUT2D eigenvalue weighted by Gasteiger charge is 2.28. The molecule has 2 N–H and O–H groups in total. The number of nitrogens with two attached hydrogens (primary N) is 1. The Balaban J connectivity index is 2.41. The van der Waals surface area contributed by atoms with Crippen LogP contribution in [0.25, 0.3) is 0 Å². The van der Waals surface area contributed by atoms with Gasteiger partial charge in [-0.05, 0) is 27.2 Å². The molecule has 1 rings (SSSR count). The first-order valence-corrected chi connectivity index (χ1v) is 4.49. The highest BCUT2D eigenvalue weighted by molar-refractivity contribution is 5.69. The van der Waals surface area contributed by atoms with Crippen LogP contribution in [0.1, 0.15) is 27.2 Å². The molecular weight excluding hydrogens is 168 g/mol. The topological polar surface area (TPSA) is 55.6 Å². The van der Waals surface area contributed by atoms with Crippen molar-refractivity contribution in [2.24, 2.45) is 5.73 Å². The number of carbonyl (C=O) groups is 1. The Morgan fingerprint density at radius 2 is 2.23 bits per heavy atom. The van der Waals surface area contributed by atoms with E-state index in [9.17, 15) is 4.79 Å². The van der Waals surface area contributed by atoms with Gasteiger partial charge in [0.05, 0.1) is 6.54 Å². The monoisotopic (exact) mass is 185 g/mol. The molecule has 1 aliphatic heterocycles. The van der Waals surface area contributed by atoms with Gasteiger partial charge in [-0.2, -0.15) is 0 Å². The van der Waals surface area contributed by atoms with Crippen molar-refractivity contribution in [3.63, 3.8) is 0 Å². The second kappa shape index (κ2) is 3.54. The second-order valence-corrected chi connectivity index (χ2v) is 4.28. The summed E-state index contributed by atoms with van der Waals surface area (Å²) in [5, 5.41) is 0. The van der Waals surface area contributed by atoms with Crippen molar-refractivity contribution in [2.45, 2.75) is 38.8 Å². The molecular formula is C9H17N2O2. The lowest BCUT2D eigenvalue weighted by Gasteiger charge is -2.23. The Morgan fingerprint density at radius 1 is 1.62 bits per heavy atom. The van der Waals surface area contributed by atoms with Crippen LogP contribution in [0.2, 0.25) is 0 Å². The van der Waals surface area contributed by atoms with Gasteiger partial charge in [-0.25, -0.2) is 4.79 Å². The van der Waals surface area contributed by atoms with E-state index in [2.05, 4.69) is 0 Å². The van der Waals surface area contributed by atoms with Crippen LogP contribution in [0, 0.1) is 6.54 Å². The maximum Gasteiger partial charge on any atom is 0.410 e. The summed E-state index contributed by atoms with van der Waals surface area (Å²) in [5.41, 5.74) is 5.19. The van der Waals surface area contributed by atoms with Crippen molar-refractivity contribution in [1.29, 1.82) is 0 Å². The van der Waals surface area contributed by atoms with E-state index < -0.39 is 5.60 Å². The Hall–Kier alpha value is -0.770. The molecule has 0 bridgehead atoms. The zero-order chi connectivity index (χ0) is 10.1. The van der Waals surface area contributed by atoms with Gasteiger partial charge in [0.25, 0.3) is 0 Å². The van der Waals surface area contributed by atoms with Gasteiger partial charge in [-0.3, -0.25) is 0 Å². The summed E-state index contributed by atoms with van der Waals surface area (Å²) >= 11 is 0. The molecule has 0 aromatic rings. The third kappa shape index (κ3) is 3.22. The highest BCUT2D eigenvalue weighted by atomic mass is 16.6. The molecule has 1 heterocycles. The van der Waals surface area contributed by atoms with Crippen molar-refractivity contribution in [2.75, 3.05) is 6.54 Å². The van der Waals surface area contributed by atoms with E-state index in [0.29, 0.717) is 6.54 Å². The van der Waals surface area contributed by atoms with Crippen LogP contribution in [0.4, 0.5) is 4.79 Å². The fourth-order valence-electron chi connectivity index (χ4n) is 1.14. The molecule has 1 radical (unpaired) electrons. The van der Waals surface area contributed by atoms with Gasteiger partial charge in [0, 0.05) is 12.6 Å². The summed E-state index contributed by atoms with van der Waals surface area (Å²) in [5.74, 6) is 0. The summed E-state index contributed by atoms with van der Waals surface area (Å²) in [4.78, 5) is 13.0. The summed E-state index contributed by atoms with van der Waals surface area (Å²) < 4.78 is 5.17. The normalized spacial score (nSPS) is 23.4. The average molecular weight is 185 g/mol. The van der Waals surface area contributed by atoms with E-state index in [1.54, 1.807) is 6.54 Å². The molecule has 0 aliphatic carbocycles. The van der Waals surface area contributed by atoms with Gasteiger partial charge < -0.3 is 15.4 Å². The molecule has 0 spiro atoms. The Labute approximate surface area is 79.0 Å². The lowest BCUT2D eigenvalue weighted by atomic mass is 10.2. The number of hydrogen-bond donors (Lipinski definition) is 1. The second-order valence-electron chi connectivity index (χ2n) is 4.28. The van der Waals surface area contributed by atoms with Crippen LogP contribution in [-0.2, 0) is 4.74 Å². The van der Waals surface area contributed by atoms with E-state index in [-0.39, 0.29) is 12.1 Å². The van der Waals surface area contributed by atoms with Crippen LogP contribution in [-0.4, -0.2) is 29.2 Å². The van der Waals surface area contributed by atoms with Crippen LogP contribution in [0.3, 0.4) is 0 Å². The zero-order valence-electron chi connectivity index (χ0n) is 8.41. The van der Waals surface area contributed by atoms with Gasteiger partial charge >= 0.3 is 6.09 Å². The first-order chi connectivity index (χ1) is 5.88. The molecule has 1 saturated heterocycles. The SMILES string of the molecule is CC(C)(C)OC(=O)N1[CH][C@H](N)CC1. The standard InChI is InChI=1S/C9H17N2O2/c1-9(2,3)13-8(12)11-5-4-7(10)6-11/h6-7H,4-5,10H2,1-3H3/t7-/m1/s1. The van der Waals surface area contributed by atoms with E-state index in [1.165, 1.54) is 4.90 Å². The molecule has 0 aromatic carbocycles. The van der Waals surface area contributed by atoms with E-state index in [1.807, 2.05) is 20.8 Å². The molecule has 0 aromatic heterocycles. The summed E-state index contributed by atoms with van der Waals surface area (Å²) in [6, 6.07) is -0.00693. The molecule has 1 fully saturated rings. The van der Waals surface area contributed by atoms with Gasteiger partial charge in [-0.15, -0.1) is 0 Å².